The van der Waals surface area contributed by atoms with Gasteiger partial charge in [-0.2, -0.15) is 4.98 Å². The molecule has 1 aromatic carbocycles. The number of rotatable bonds is 24. The van der Waals surface area contributed by atoms with Crippen LogP contribution in [0.3, 0.4) is 0 Å². The minimum atomic E-state index is -1.23. The quantitative estimate of drug-likeness (QED) is 0.109. The molecule has 1 aliphatic carbocycles. The smallest absolute Gasteiger partial charge is 0.409 e. The van der Waals surface area contributed by atoms with Crippen LogP contribution in [-0.2, 0) is 28.5 Å². The second-order valence-corrected chi connectivity index (χ2v) is 20.8. The summed E-state index contributed by atoms with van der Waals surface area (Å²) in [6.07, 6.45) is 6.41. The number of anilines is 4. The highest BCUT2D eigenvalue weighted by atomic mass is 28.3. The molecule has 3 amide bonds. The third-order valence-corrected chi connectivity index (χ3v) is 11.4. The van der Waals surface area contributed by atoms with Gasteiger partial charge in [-0.3, -0.25) is 9.59 Å². The van der Waals surface area contributed by atoms with E-state index >= 15 is 0 Å². The van der Waals surface area contributed by atoms with Crippen LogP contribution in [0.2, 0.25) is 25.7 Å². The van der Waals surface area contributed by atoms with Gasteiger partial charge in [0.15, 0.2) is 5.82 Å². The molecule has 0 radical (unpaired) electrons. The molecule has 4 rings (SSSR count). The van der Waals surface area contributed by atoms with Crippen molar-refractivity contribution in [2.75, 3.05) is 109 Å². The molecule has 17 heteroatoms. The highest BCUT2D eigenvalue weighted by molar-refractivity contribution is 6.76. The van der Waals surface area contributed by atoms with Crippen molar-refractivity contribution in [1.82, 2.24) is 20.2 Å². The first kappa shape index (κ1) is 44.7. The van der Waals surface area contributed by atoms with Gasteiger partial charge in [0.05, 0.1) is 78.5 Å². The van der Waals surface area contributed by atoms with Crippen LogP contribution in [-0.4, -0.2) is 147 Å². The number of methoxy groups -OCH3 is 1. The molecule has 16 nitrogen and oxygen atoms in total. The van der Waals surface area contributed by atoms with Crippen LogP contribution in [0.4, 0.5) is 27.9 Å². The van der Waals surface area contributed by atoms with Crippen LogP contribution in [0.25, 0.3) is 0 Å². The number of hydrogen-bond acceptors (Lipinski definition) is 13. The lowest BCUT2D eigenvalue weighted by molar-refractivity contribution is -0.120. The van der Waals surface area contributed by atoms with Crippen molar-refractivity contribution >= 4 is 49.1 Å². The average Bonchev–Trinajstić information content (AvgIpc) is 3.71. The van der Waals surface area contributed by atoms with E-state index in [1.807, 2.05) is 6.92 Å². The zero-order valence-corrected chi connectivity index (χ0v) is 35.4. The second kappa shape index (κ2) is 22.6. The normalized spacial score (nSPS) is 15.8. The summed E-state index contributed by atoms with van der Waals surface area (Å²) in [5.74, 6) is 1.40. The maximum Gasteiger partial charge on any atom is 0.409 e. The van der Waals surface area contributed by atoms with E-state index in [-0.39, 0.29) is 30.0 Å². The van der Waals surface area contributed by atoms with Gasteiger partial charge in [-0.05, 0) is 43.5 Å². The zero-order valence-electron chi connectivity index (χ0n) is 34.4. The Morgan fingerprint density at radius 3 is 2.21 bits per heavy atom. The van der Waals surface area contributed by atoms with Crippen molar-refractivity contribution in [1.29, 1.82) is 0 Å². The van der Waals surface area contributed by atoms with Crippen LogP contribution < -0.4 is 25.2 Å². The van der Waals surface area contributed by atoms with Crippen LogP contribution in [0.15, 0.2) is 24.4 Å². The fourth-order valence-electron chi connectivity index (χ4n) is 6.45. The Hall–Kier alpha value is -4.03. The summed E-state index contributed by atoms with van der Waals surface area (Å²) in [5.41, 5.74) is 1.74. The van der Waals surface area contributed by atoms with E-state index in [4.69, 9.17) is 33.4 Å². The van der Waals surface area contributed by atoms with Crippen molar-refractivity contribution in [3.8, 4) is 5.75 Å². The molecule has 0 bridgehead atoms. The number of likely N-dealkylation sites (N-methyl/N-ethyl adjacent to an activating group) is 2. The number of carbonyl (C=O) groups is 3. The number of aromatic nitrogens is 2. The first-order valence-corrected chi connectivity index (χ1v) is 23.5. The molecule has 2 N–H and O–H groups in total. The van der Waals surface area contributed by atoms with Crippen molar-refractivity contribution < 1.29 is 42.8 Å². The molecule has 0 unspecified atom stereocenters. The largest absolute Gasteiger partial charge is 0.495 e. The van der Waals surface area contributed by atoms with Gasteiger partial charge >= 0.3 is 6.09 Å². The molecular formula is C39H63N7O9Si. The zero-order chi connectivity index (χ0) is 40.5. The summed E-state index contributed by atoms with van der Waals surface area (Å²) in [6.45, 7) is 13.3. The lowest BCUT2D eigenvalue weighted by Gasteiger charge is -2.43. The van der Waals surface area contributed by atoms with Crippen LogP contribution in [0, 0.1) is 0 Å². The third kappa shape index (κ3) is 13.6. The number of carbonyl (C=O) groups excluding carboxylic acids is 3. The van der Waals surface area contributed by atoms with Crippen LogP contribution in [0.1, 0.15) is 49.4 Å². The van der Waals surface area contributed by atoms with E-state index in [0.717, 1.165) is 37.5 Å². The molecule has 1 fully saturated rings. The topological polar surface area (TPSA) is 166 Å². The standard InChI is InChI=1S/C39H63N7O9Si/c1-8-32-37(48)45(3)33-28-41-38(43-35(33)46(32)30-11-9-10-12-30)42-31-14-13-29(27-34(31)50-4)36(47)40-15-17-51-19-21-53-23-24-54-22-20-52-18-16-44(2)39(49)55-25-26-56(5,6)7/h13-14,27-28,30,32H,8-12,15-26H2,1-7H3,(H,40,47)(H,41,42,43)/t32-/m1/s1. The molecule has 0 saturated heterocycles. The molecule has 2 heterocycles. The number of nitrogens with one attached hydrogen (secondary N) is 2. The molecule has 0 spiro atoms. The Morgan fingerprint density at radius 2 is 1.59 bits per heavy atom. The maximum atomic E-state index is 13.2. The molecule has 1 aromatic heterocycles. The molecular weight excluding hydrogens is 739 g/mol. The summed E-state index contributed by atoms with van der Waals surface area (Å²) < 4.78 is 33.1. The van der Waals surface area contributed by atoms with Crippen LogP contribution >= 0.6 is 0 Å². The van der Waals surface area contributed by atoms with E-state index in [0.29, 0.717) is 108 Å². The summed E-state index contributed by atoms with van der Waals surface area (Å²) in [5, 5.41) is 6.12. The number of fused-ring (bicyclic) bond motifs is 1. The fraction of sp³-hybridized carbons (Fsp3) is 0.667. The van der Waals surface area contributed by atoms with Gasteiger partial charge in [0.1, 0.15) is 17.5 Å². The van der Waals surface area contributed by atoms with E-state index in [1.165, 1.54) is 4.90 Å². The number of amides is 3. The van der Waals surface area contributed by atoms with E-state index in [2.05, 4.69) is 40.2 Å². The molecule has 1 aliphatic heterocycles. The average molecular weight is 802 g/mol. The predicted molar refractivity (Wildman–Crippen MR) is 218 cm³/mol. The van der Waals surface area contributed by atoms with Gasteiger partial charge in [0.25, 0.3) is 5.91 Å². The predicted octanol–water partition coefficient (Wildman–Crippen LogP) is 4.94. The molecule has 1 atom stereocenters. The summed E-state index contributed by atoms with van der Waals surface area (Å²) in [7, 11) is 3.79. The Morgan fingerprint density at radius 1 is 0.946 bits per heavy atom. The number of ether oxygens (including phenoxy) is 6. The van der Waals surface area contributed by atoms with Gasteiger partial charge in [-0.15, -0.1) is 0 Å². The van der Waals surface area contributed by atoms with Gasteiger partial charge in [0, 0.05) is 46.9 Å². The first-order chi connectivity index (χ1) is 26.9. The number of benzene rings is 1. The van der Waals surface area contributed by atoms with Gasteiger partial charge in [-0.25, -0.2) is 9.78 Å². The van der Waals surface area contributed by atoms with Crippen molar-refractivity contribution in [2.24, 2.45) is 0 Å². The fourth-order valence-corrected chi connectivity index (χ4v) is 7.16. The Kier molecular flexibility index (Phi) is 18.1. The highest BCUT2D eigenvalue weighted by Crippen LogP contribution is 2.40. The Labute approximate surface area is 332 Å². The molecule has 2 aromatic rings. The van der Waals surface area contributed by atoms with Crippen molar-refractivity contribution in [3.63, 3.8) is 0 Å². The van der Waals surface area contributed by atoms with Gasteiger partial charge in [-0.1, -0.05) is 39.4 Å². The molecule has 2 aliphatic rings. The van der Waals surface area contributed by atoms with Crippen LogP contribution in [0.5, 0.6) is 5.75 Å². The lowest BCUT2D eigenvalue weighted by Crippen LogP contribution is -2.55. The molecule has 1 saturated carbocycles. The minimum absolute atomic E-state index is 0.0647. The SMILES string of the molecule is CC[C@@H]1C(=O)N(C)c2cnc(Nc3ccc(C(=O)NCCOCCOCCOCCOCCN(C)C(=O)OCC[Si](C)(C)C)cc3OC)nc2N1C1CCCC1. The summed E-state index contributed by atoms with van der Waals surface area (Å²) >= 11 is 0. The number of hydrogen-bond donors (Lipinski definition) is 2. The third-order valence-electron chi connectivity index (χ3n) is 9.73. The van der Waals surface area contributed by atoms with Gasteiger partial charge < -0.3 is 53.8 Å². The monoisotopic (exact) mass is 801 g/mol. The minimum Gasteiger partial charge on any atom is -0.495 e. The number of nitrogens with zero attached hydrogens (tertiary/aromatic N) is 5. The lowest BCUT2D eigenvalue weighted by atomic mass is 10.0. The van der Waals surface area contributed by atoms with Crippen molar-refractivity contribution in [3.05, 3.63) is 30.0 Å². The van der Waals surface area contributed by atoms with Crippen molar-refractivity contribution in [2.45, 2.75) is 76.8 Å². The van der Waals surface area contributed by atoms with Gasteiger partial charge in [0.2, 0.25) is 11.9 Å². The Balaban J connectivity index is 1.08. The molecule has 56 heavy (non-hydrogen) atoms. The molecule has 312 valence electrons. The highest BCUT2D eigenvalue weighted by Gasteiger charge is 2.41. The Bertz CT molecular complexity index is 1560. The van der Waals surface area contributed by atoms with E-state index < -0.39 is 8.07 Å². The van der Waals surface area contributed by atoms with E-state index in [9.17, 15) is 14.4 Å². The van der Waals surface area contributed by atoms with E-state index in [1.54, 1.807) is 50.5 Å². The summed E-state index contributed by atoms with van der Waals surface area (Å²) in [6, 6.07) is 6.09. The second-order valence-electron chi connectivity index (χ2n) is 15.2. The summed E-state index contributed by atoms with van der Waals surface area (Å²) in [4.78, 5) is 52.9. The first-order valence-electron chi connectivity index (χ1n) is 19.8. The maximum absolute atomic E-state index is 13.2.